The van der Waals surface area contributed by atoms with Gasteiger partial charge in [-0.05, 0) is 93.6 Å². The predicted octanol–water partition coefficient (Wildman–Crippen LogP) is 6.86. The number of carboxylic acid groups (broad SMARTS) is 1. The highest BCUT2D eigenvalue weighted by Crippen LogP contribution is 2.41. The molecule has 5 nitrogen and oxygen atoms in total. The lowest BCUT2D eigenvalue weighted by Crippen LogP contribution is -2.38. The smallest absolute Gasteiger partial charge is 0.306 e. The van der Waals surface area contributed by atoms with Crippen molar-refractivity contribution in [2.24, 2.45) is 17.3 Å². The molecule has 1 unspecified atom stereocenters. The van der Waals surface area contributed by atoms with Crippen LogP contribution < -0.4 is 4.74 Å². The van der Waals surface area contributed by atoms with E-state index in [0.717, 1.165) is 73.5 Å². The molecule has 1 saturated carbocycles. The maximum absolute atomic E-state index is 11.3. The molecule has 34 heavy (non-hydrogen) atoms. The van der Waals surface area contributed by atoms with E-state index >= 15 is 0 Å². The Morgan fingerprint density at radius 3 is 2.41 bits per heavy atom. The van der Waals surface area contributed by atoms with Crippen LogP contribution in [0.1, 0.15) is 90.8 Å². The number of piperidine rings is 1. The van der Waals surface area contributed by atoms with E-state index in [-0.39, 0.29) is 12.0 Å². The van der Waals surface area contributed by atoms with Crippen LogP contribution in [0.25, 0.3) is 10.9 Å². The van der Waals surface area contributed by atoms with Gasteiger partial charge in [0, 0.05) is 5.39 Å². The van der Waals surface area contributed by atoms with E-state index in [1.165, 1.54) is 19.3 Å². The molecule has 2 fully saturated rings. The number of aliphatic carboxylic acids is 1. The molecule has 1 aliphatic carbocycles. The lowest BCUT2D eigenvalue weighted by Gasteiger charge is -2.38. The second-order valence-corrected chi connectivity index (χ2v) is 11.1. The lowest BCUT2D eigenvalue weighted by atomic mass is 9.69. The Kier molecular flexibility index (Phi) is 7.81. The Labute approximate surface area is 204 Å². The Morgan fingerprint density at radius 1 is 1.09 bits per heavy atom. The summed E-state index contributed by atoms with van der Waals surface area (Å²) in [6.07, 6.45) is 8.75. The monoisotopic (exact) mass is 466 g/mol. The number of carboxylic acids is 1. The third-order valence-corrected chi connectivity index (χ3v) is 8.72. The summed E-state index contributed by atoms with van der Waals surface area (Å²) in [5.74, 6) is 0.887. The molecule has 0 amide bonds. The first-order chi connectivity index (χ1) is 16.3. The molecule has 1 N–H and O–H groups in total. The number of aromatic nitrogens is 1. The number of pyridine rings is 1. The Bertz CT molecular complexity index is 972. The van der Waals surface area contributed by atoms with E-state index in [1.807, 2.05) is 0 Å². The molecule has 1 atom stereocenters. The molecule has 0 bridgehead atoms. The molecule has 1 aromatic heterocycles. The van der Waals surface area contributed by atoms with Gasteiger partial charge in [-0.2, -0.15) is 0 Å². The number of rotatable bonds is 8. The molecule has 2 aromatic rings. The van der Waals surface area contributed by atoms with Gasteiger partial charge < -0.3 is 9.84 Å². The van der Waals surface area contributed by atoms with Crippen molar-refractivity contribution in [3.63, 3.8) is 0 Å². The molecule has 2 heterocycles. The molecule has 1 saturated heterocycles. The molecule has 1 aromatic carbocycles. The molecule has 5 heteroatoms. The van der Waals surface area contributed by atoms with Crippen LogP contribution in [0.15, 0.2) is 30.3 Å². The van der Waals surface area contributed by atoms with E-state index in [9.17, 15) is 9.90 Å². The second kappa shape index (κ2) is 10.6. The summed E-state index contributed by atoms with van der Waals surface area (Å²) in [5.41, 5.74) is 2.51. The number of fused-ring (bicyclic) bond motifs is 1. The SMILES string of the molecule is CCC(c1ccc2cc(OC3CCC(C(C)(C)CC)CC3)ccc2n1)N1CCC(C(=O)O)CC1. The summed E-state index contributed by atoms with van der Waals surface area (Å²) < 4.78 is 6.40. The summed E-state index contributed by atoms with van der Waals surface area (Å²) in [6.45, 7) is 10.9. The predicted molar refractivity (Wildman–Crippen MR) is 137 cm³/mol. The summed E-state index contributed by atoms with van der Waals surface area (Å²) in [6, 6.07) is 10.8. The van der Waals surface area contributed by atoms with Gasteiger partial charge in [-0.3, -0.25) is 14.7 Å². The fourth-order valence-electron chi connectivity index (χ4n) is 5.93. The number of nitrogens with zero attached hydrogens (tertiary/aromatic N) is 2. The molecular formula is C29H42N2O3. The maximum Gasteiger partial charge on any atom is 0.306 e. The summed E-state index contributed by atoms with van der Waals surface area (Å²) in [5, 5.41) is 10.4. The van der Waals surface area contributed by atoms with Crippen LogP contribution in [0.5, 0.6) is 5.75 Å². The number of benzene rings is 1. The van der Waals surface area contributed by atoms with Gasteiger partial charge in [0.25, 0.3) is 0 Å². The minimum atomic E-state index is -0.660. The van der Waals surface area contributed by atoms with E-state index in [0.29, 0.717) is 11.5 Å². The van der Waals surface area contributed by atoms with Crippen molar-refractivity contribution < 1.29 is 14.6 Å². The van der Waals surface area contributed by atoms with Crippen LogP contribution in [0, 0.1) is 17.3 Å². The van der Waals surface area contributed by atoms with Crippen molar-refractivity contribution >= 4 is 16.9 Å². The maximum atomic E-state index is 11.3. The van der Waals surface area contributed by atoms with Crippen molar-refractivity contribution in [1.29, 1.82) is 0 Å². The second-order valence-electron chi connectivity index (χ2n) is 11.1. The molecule has 2 aliphatic rings. The number of hydrogen-bond donors (Lipinski definition) is 1. The average Bonchev–Trinajstić information content (AvgIpc) is 2.85. The average molecular weight is 467 g/mol. The van der Waals surface area contributed by atoms with Gasteiger partial charge in [-0.25, -0.2) is 0 Å². The Hall–Kier alpha value is -2.14. The summed E-state index contributed by atoms with van der Waals surface area (Å²) >= 11 is 0. The molecule has 0 spiro atoms. The third kappa shape index (κ3) is 5.56. The van der Waals surface area contributed by atoms with Crippen molar-refractivity contribution in [1.82, 2.24) is 9.88 Å². The first-order valence-corrected chi connectivity index (χ1v) is 13.3. The Balaban J connectivity index is 1.39. The van der Waals surface area contributed by atoms with Crippen molar-refractivity contribution in [2.45, 2.75) is 91.2 Å². The molecule has 0 radical (unpaired) electrons. The number of hydrogen-bond acceptors (Lipinski definition) is 4. The van der Waals surface area contributed by atoms with Gasteiger partial charge in [-0.15, -0.1) is 0 Å². The Morgan fingerprint density at radius 2 is 1.79 bits per heavy atom. The zero-order valence-corrected chi connectivity index (χ0v) is 21.4. The van der Waals surface area contributed by atoms with Crippen LogP contribution in [0.4, 0.5) is 0 Å². The normalized spacial score (nSPS) is 23.6. The summed E-state index contributed by atoms with van der Waals surface area (Å²) in [7, 11) is 0. The molecule has 1 aliphatic heterocycles. The topological polar surface area (TPSA) is 62.7 Å². The van der Waals surface area contributed by atoms with Gasteiger partial charge in [0.1, 0.15) is 5.75 Å². The van der Waals surface area contributed by atoms with Crippen molar-refractivity contribution in [2.75, 3.05) is 13.1 Å². The largest absolute Gasteiger partial charge is 0.490 e. The quantitative estimate of drug-likeness (QED) is 0.461. The minimum Gasteiger partial charge on any atom is -0.490 e. The van der Waals surface area contributed by atoms with Gasteiger partial charge in [0.15, 0.2) is 0 Å². The van der Waals surface area contributed by atoms with Crippen molar-refractivity contribution in [3.05, 3.63) is 36.0 Å². The van der Waals surface area contributed by atoms with Crippen LogP contribution in [0.3, 0.4) is 0 Å². The zero-order chi connectivity index (χ0) is 24.3. The highest BCUT2D eigenvalue weighted by molar-refractivity contribution is 5.80. The fraction of sp³-hybridized carbons (Fsp3) is 0.655. The number of likely N-dealkylation sites (tertiary alicyclic amines) is 1. The minimum absolute atomic E-state index is 0.204. The van der Waals surface area contributed by atoms with Crippen LogP contribution in [0.2, 0.25) is 0 Å². The van der Waals surface area contributed by atoms with E-state index < -0.39 is 5.97 Å². The highest BCUT2D eigenvalue weighted by atomic mass is 16.5. The fourth-order valence-corrected chi connectivity index (χ4v) is 5.93. The lowest BCUT2D eigenvalue weighted by molar-refractivity contribution is -0.143. The van der Waals surface area contributed by atoms with E-state index in [4.69, 9.17) is 9.72 Å². The van der Waals surface area contributed by atoms with Crippen molar-refractivity contribution in [3.8, 4) is 5.75 Å². The molecule has 4 rings (SSSR count). The molecule has 186 valence electrons. The van der Waals surface area contributed by atoms with E-state index in [2.05, 4.69) is 62.9 Å². The first kappa shape index (κ1) is 25.0. The van der Waals surface area contributed by atoms with Gasteiger partial charge in [-0.1, -0.05) is 40.2 Å². The number of ether oxygens (including phenoxy) is 1. The van der Waals surface area contributed by atoms with Gasteiger partial charge >= 0.3 is 5.97 Å². The van der Waals surface area contributed by atoms with Gasteiger partial charge in [0.05, 0.1) is 29.3 Å². The number of carbonyl (C=O) groups is 1. The van der Waals surface area contributed by atoms with Gasteiger partial charge in [0.2, 0.25) is 0 Å². The van der Waals surface area contributed by atoms with E-state index in [1.54, 1.807) is 0 Å². The van der Waals surface area contributed by atoms with Crippen LogP contribution in [-0.2, 0) is 4.79 Å². The van der Waals surface area contributed by atoms with Crippen LogP contribution >= 0.6 is 0 Å². The first-order valence-electron chi connectivity index (χ1n) is 13.3. The highest BCUT2D eigenvalue weighted by Gasteiger charge is 2.32. The van der Waals surface area contributed by atoms with Crippen LogP contribution in [-0.4, -0.2) is 40.2 Å². The third-order valence-electron chi connectivity index (χ3n) is 8.72. The standard InChI is InChI=1S/C29H42N2O3/c1-5-27(31-17-15-20(16-18-31)28(32)33)26-13-7-21-19-24(12-14-25(21)30-26)34-23-10-8-22(9-11-23)29(3,4)6-2/h7,12-14,19-20,22-23,27H,5-6,8-11,15-18H2,1-4H3,(H,32,33). The summed E-state index contributed by atoms with van der Waals surface area (Å²) in [4.78, 5) is 18.7. The molecular weight excluding hydrogens is 424 g/mol. The zero-order valence-electron chi connectivity index (χ0n) is 21.4.